The fraction of sp³-hybridized carbons (Fsp3) is 0.389. The number of thiazole rings is 1. The lowest BCUT2D eigenvalue weighted by atomic mass is 10.2. The minimum atomic E-state index is -1.04. The first kappa shape index (κ1) is 20.4. The lowest BCUT2D eigenvalue weighted by Gasteiger charge is -2.25. The molecule has 150 valence electrons. The highest BCUT2D eigenvalue weighted by Gasteiger charge is 2.30. The van der Waals surface area contributed by atoms with Crippen LogP contribution in [0, 0.1) is 5.82 Å². The molecule has 1 aromatic carbocycles. The van der Waals surface area contributed by atoms with Gasteiger partial charge in [-0.15, -0.1) is 11.3 Å². The topological polar surface area (TPSA) is 91.8 Å². The quantitative estimate of drug-likeness (QED) is 0.596. The Morgan fingerprint density at radius 2 is 2.36 bits per heavy atom. The molecule has 1 saturated heterocycles. The maximum atomic E-state index is 13.8. The van der Waals surface area contributed by atoms with E-state index >= 15 is 0 Å². The second-order valence-electron chi connectivity index (χ2n) is 6.16. The van der Waals surface area contributed by atoms with Crippen molar-refractivity contribution >= 4 is 40.7 Å². The number of nitrogens with one attached hydrogen (secondary N) is 1. The Labute approximate surface area is 169 Å². The minimum Gasteiger partial charge on any atom is -0.494 e. The van der Waals surface area contributed by atoms with Crippen molar-refractivity contribution in [2.45, 2.75) is 23.2 Å². The summed E-state index contributed by atoms with van der Waals surface area (Å²) in [4.78, 5) is 28.9. The van der Waals surface area contributed by atoms with Crippen LogP contribution in [0.4, 0.5) is 10.1 Å². The molecule has 0 bridgehead atoms. The summed E-state index contributed by atoms with van der Waals surface area (Å²) in [6.45, 7) is 1.08. The van der Waals surface area contributed by atoms with Gasteiger partial charge >= 0.3 is 5.97 Å². The first-order chi connectivity index (χ1) is 13.5. The van der Waals surface area contributed by atoms with Gasteiger partial charge in [0.1, 0.15) is 0 Å². The lowest BCUT2D eigenvalue weighted by Crippen LogP contribution is -2.39. The third-order valence-electron chi connectivity index (χ3n) is 4.41. The summed E-state index contributed by atoms with van der Waals surface area (Å²) in [6, 6.07) is 4.70. The molecule has 10 heteroatoms. The van der Waals surface area contributed by atoms with Gasteiger partial charge in [0.15, 0.2) is 21.6 Å². The molecule has 0 saturated carbocycles. The maximum Gasteiger partial charge on any atom is 0.355 e. The summed E-state index contributed by atoms with van der Waals surface area (Å²) in [5.41, 5.74) is 0.675. The van der Waals surface area contributed by atoms with E-state index in [2.05, 4.69) is 10.3 Å². The third kappa shape index (κ3) is 4.93. The summed E-state index contributed by atoms with van der Waals surface area (Å²) in [7, 11) is 1.42. The van der Waals surface area contributed by atoms with Crippen LogP contribution in [0.15, 0.2) is 27.9 Å². The number of carbonyl (C=O) groups is 2. The number of rotatable bonds is 9. The normalized spacial score (nSPS) is 16.4. The van der Waals surface area contributed by atoms with Crippen molar-refractivity contribution in [3.05, 3.63) is 35.1 Å². The van der Waals surface area contributed by atoms with Gasteiger partial charge in [0.25, 0.3) is 0 Å². The number of carbonyl (C=O) groups excluding carboxylic acids is 1. The molecule has 0 radical (unpaired) electrons. The van der Waals surface area contributed by atoms with E-state index in [4.69, 9.17) is 9.84 Å². The molecule has 28 heavy (non-hydrogen) atoms. The van der Waals surface area contributed by atoms with Crippen molar-refractivity contribution in [1.82, 2.24) is 9.88 Å². The Bertz CT molecular complexity index is 861. The predicted octanol–water partition coefficient (Wildman–Crippen LogP) is 3.18. The molecule has 1 amide bonds. The highest BCUT2D eigenvalue weighted by molar-refractivity contribution is 8.01. The number of methoxy groups -OCH3 is 1. The molecule has 2 N–H and O–H groups in total. The van der Waals surface area contributed by atoms with E-state index in [1.165, 1.54) is 41.7 Å². The smallest absolute Gasteiger partial charge is 0.355 e. The predicted molar refractivity (Wildman–Crippen MR) is 106 cm³/mol. The average molecular weight is 426 g/mol. The van der Waals surface area contributed by atoms with E-state index in [0.29, 0.717) is 35.3 Å². The zero-order valence-electron chi connectivity index (χ0n) is 15.2. The van der Waals surface area contributed by atoms with E-state index < -0.39 is 11.8 Å². The van der Waals surface area contributed by atoms with Crippen molar-refractivity contribution in [2.75, 3.05) is 31.3 Å². The van der Waals surface area contributed by atoms with E-state index in [1.54, 1.807) is 12.1 Å². The number of hydrogen-bond acceptors (Lipinski definition) is 7. The van der Waals surface area contributed by atoms with E-state index in [1.807, 2.05) is 4.90 Å². The number of anilines is 1. The molecule has 0 unspecified atom stereocenters. The Kier molecular flexibility index (Phi) is 6.74. The number of aromatic carboxylic acids is 1. The molecule has 1 aliphatic heterocycles. The van der Waals surface area contributed by atoms with Gasteiger partial charge < -0.3 is 20.1 Å². The van der Waals surface area contributed by atoms with Gasteiger partial charge in [-0.25, -0.2) is 14.2 Å². The first-order valence-corrected chi connectivity index (χ1v) is 10.5. The van der Waals surface area contributed by atoms with Gasteiger partial charge in [-0.2, -0.15) is 0 Å². The lowest BCUT2D eigenvalue weighted by molar-refractivity contribution is -0.128. The summed E-state index contributed by atoms with van der Waals surface area (Å²) in [5, 5.41) is 13.6. The number of aromatic nitrogens is 1. The van der Waals surface area contributed by atoms with Crippen molar-refractivity contribution in [2.24, 2.45) is 0 Å². The number of carboxylic acid groups (broad SMARTS) is 1. The number of nitrogens with zero attached hydrogens (tertiary/aromatic N) is 2. The molecule has 1 aliphatic rings. The Balaban J connectivity index is 1.51. The highest BCUT2D eigenvalue weighted by atomic mass is 32.2. The largest absolute Gasteiger partial charge is 0.494 e. The summed E-state index contributed by atoms with van der Waals surface area (Å²) >= 11 is 2.72. The van der Waals surface area contributed by atoms with Crippen molar-refractivity contribution in [3.8, 4) is 5.75 Å². The fourth-order valence-electron chi connectivity index (χ4n) is 2.98. The monoisotopic (exact) mass is 425 g/mol. The Hall–Kier alpha value is -2.33. The SMILES string of the molecule is COc1ccc(NC[C@H]2CCC(=O)N2CCSc2nc(C(=O)O)cs2)cc1F. The Morgan fingerprint density at radius 3 is 3.04 bits per heavy atom. The summed E-state index contributed by atoms with van der Waals surface area (Å²) < 4.78 is 19.4. The number of carboxylic acids is 1. The van der Waals surface area contributed by atoms with Crippen molar-refractivity contribution in [3.63, 3.8) is 0 Å². The van der Waals surface area contributed by atoms with Crippen molar-refractivity contribution < 1.29 is 23.8 Å². The molecule has 0 aliphatic carbocycles. The second-order valence-corrected chi connectivity index (χ2v) is 8.36. The maximum absolute atomic E-state index is 13.8. The van der Waals surface area contributed by atoms with E-state index in [9.17, 15) is 14.0 Å². The van der Waals surface area contributed by atoms with E-state index in [-0.39, 0.29) is 23.4 Å². The number of ether oxygens (including phenoxy) is 1. The van der Waals surface area contributed by atoms with Crippen LogP contribution in [0.5, 0.6) is 5.75 Å². The zero-order chi connectivity index (χ0) is 20.1. The van der Waals surface area contributed by atoms with E-state index in [0.717, 1.165) is 6.42 Å². The molecule has 0 spiro atoms. The number of likely N-dealkylation sites (tertiary alicyclic amines) is 1. The molecule has 1 atom stereocenters. The molecular formula is C18H20FN3O4S2. The fourth-order valence-corrected chi connectivity index (χ4v) is 4.79. The van der Waals surface area contributed by atoms with Crippen LogP contribution >= 0.6 is 23.1 Å². The Morgan fingerprint density at radius 1 is 1.54 bits per heavy atom. The molecule has 1 fully saturated rings. The van der Waals surface area contributed by atoms with Gasteiger partial charge in [-0.05, 0) is 18.6 Å². The van der Waals surface area contributed by atoms with Crippen molar-refractivity contribution in [1.29, 1.82) is 0 Å². The number of halogens is 1. The third-order valence-corrected chi connectivity index (χ3v) is 6.41. The van der Waals surface area contributed by atoms with Gasteiger partial charge in [-0.3, -0.25) is 4.79 Å². The molecule has 2 aromatic rings. The average Bonchev–Trinajstić information content (AvgIpc) is 3.28. The standard InChI is InChI=1S/C18H20FN3O4S2/c1-26-15-4-2-11(8-13(15)19)20-9-12-3-5-16(23)22(12)6-7-27-18-21-14(10-28-18)17(24)25/h2,4,8,10,12,20H,3,5-7,9H2,1H3,(H,24,25)/t12-/m1/s1. The number of hydrogen-bond donors (Lipinski definition) is 2. The first-order valence-electron chi connectivity index (χ1n) is 8.66. The van der Waals surface area contributed by atoms with Crippen LogP contribution in [0.25, 0.3) is 0 Å². The molecular weight excluding hydrogens is 405 g/mol. The molecule has 2 heterocycles. The molecule has 7 nitrogen and oxygen atoms in total. The number of benzene rings is 1. The number of amides is 1. The molecule has 1 aromatic heterocycles. The van der Waals surface area contributed by atoms with Crippen LogP contribution in [-0.2, 0) is 4.79 Å². The molecule has 3 rings (SSSR count). The highest BCUT2D eigenvalue weighted by Crippen LogP contribution is 2.26. The van der Waals surface area contributed by atoms with Crippen LogP contribution in [0.3, 0.4) is 0 Å². The summed E-state index contributed by atoms with van der Waals surface area (Å²) in [6.07, 6.45) is 1.24. The van der Waals surface area contributed by atoms with Crippen LogP contribution in [0.2, 0.25) is 0 Å². The van der Waals surface area contributed by atoms with Crippen LogP contribution < -0.4 is 10.1 Å². The van der Waals surface area contributed by atoms with Gasteiger partial charge in [0, 0.05) is 48.4 Å². The minimum absolute atomic E-state index is 0.0316. The van der Waals surface area contributed by atoms with Crippen LogP contribution in [0.1, 0.15) is 23.3 Å². The second kappa shape index (κ2) is 9.24. The van der Waals surface area contributed by atoms with Crippen LogP contribution in [-0.4, -0.2) is 58.9 Å². The van der Waals surface area contributed by atoms with Gasteiger partial charge in [0.2, 0.25) is 5.91 Å². The number of thioether (sulfide) groups is 1. The summed E-state index contributed by atoms with van der Waals surface area (Å²) in [5.74, 6) is -0.565. The van der Waals surface area contributed by atoms with Gasteiger partial charge in [0.05, 0.1) is 7.11 Å². The zero-order valence-corrected chi connectivity index (χ0v) is 16.8. The van der Waals surface area contributed by atoms with Gasteiger partial charge in [-0.1, -0.05) is 11.8 Å².